The van der Waals surface area contributed by atoms with Gasteiger partial charge in [-0.15, -0.1) is 0 Å². The predicted octanol–water partition coefficient (Wildman–Crippen LogP) is 1.33. The molecule has 0 saturated carbocycles. The molecule has 2 N–H and O–H groups in total. The van der Waals surface area contributed by atoms with Crippen molar-refractivity contribution in [3.63, 3.8) is 0 Å². The summed E-state index contributed by atoms with van der Waals surface area (Å²) in [6, 6.07) is 4.70. The van der Waals surface area contributed by atoms with E-state index >= 15 is 0 Å². The number of aliphatic carboxylic acids is 1. The first-order chi connectivity index (χ1) is 11.2. The number of nitrogens with zero attached hydrogens (tertiary/aromatic N) is 1. The average molecular weight is 375 g/mol. The van der Waals surface area contributed by atoms with Crippen LogP contribution in [0, 0.1) is 5.92 Å². The van der Waals surface area contributed by atoms with Gasteiger partial charge in [0, 0.05) is 18.1 Å². The lowest BCUT2D eigenvalue weighted by atomic mass is 9.97. The first kappa shape index (κ1) is 18.7. The van der Waals surface area contributed by atoms with Crippen LogP contribution in [0.2, 0.25) is 5.02 Å². The summed E-state index contributed by atoms with van der Waals surface area (Å²) >= 11 is 5.74. The Morgan fingerprint density at radius 3 is 2.29 bits per heavy atom. The summed E-state index contributed by atoms with van der Waals surface area (Å²) in [6.45, 7) is 2.09. The van der Waals surface area contributed by atoms with Crippen LogP contribution in [0.3, 0.4) is 0 Å². The maximum absolute atomic E-state index is 12.4. The summed E-state index contributed by atoms with van der Waals surface area (Å²) in [5.41, 5.74) is 0. The number of likely N-dealkylation sites (tertiary alicyclic amines) is 1. The van der Waals surface area contributed by atoms with Gasteiger partial charge < -0.3 is 10.0 Å². The zero-order valence-corrected chi connectivity index (χ0v) is 14.7. The van der Waals surface area contributed by atoms with Crippen molar-refractivity contribution in [1.82, 2.24) is 9.62 Å². The van der Waals surface area contributed by atoms with Crippen LogP contribution in [0.15, 0.2) is 29.2 Å². The number of amides is 1. The number of carbonyl (C=O) groups is 2. The second-order valence-corrected chi connectivity index (χ2v) is 7.89. The van der Waals surface area contributed by atoms with E-state index in [1.165, 1.54) is 36.1 Å². The minimum Gasteiger partial charge on any atom is -0.481 e. The molecule has 24 heavy (non-hydrogen) atoms. The van der Waals surface area contributed by atoms with Crippen LogP contribution >= 0.6 is 11.6 Å². The van der Waals surface area contributed by atoms with Crippen LogP contribution in [0.1, 0.15) is 19.8 Å². The van der Waals surface area contributed by atoms with Gasteiger partial charge >= 0.3 is 5.97 Å². The highest BCUT2D eigenvalue weighted by molar-refractivity contribution is 7.89. The molecule has 9 heteroatoms. The van der Waals surface area contributed by atoms with E-state index in [9.17, 15) is 18.0 Å². The minimum atomic E-state index is -3.83. The fourth-order valence-corrected chi connectivity index (χ4v) is 3.91. The molecule has 1 heterocycles. The lowest BCUT2D eigenvalue weighted by Crippen LogP contribution is -2.49. The number of hydrogen-bond acceptors (Lipinski definition) is 4. The summed E-state index contributed by atoms with van der Waals surface area (Å²) in [4.78, 5) is 24.8. The van der Waals surface area contributed by atoms with E-state index in [0.29, 0.717) is 31.0 Å². The monoisotopic (exact) mass is 374 g/mol. The lowest BCUT2D eigenvalue weighted by molar-refractivity contribution is -0.146. The SMILES string of the molecule is CC(NS(=O)(=O)c1ccc(Cl)cc1)C(=O)N1CCC(C(=O)O)CC1. The van der Waals surface area contributed by atoms with Gasteiger partial charge in [-0.05, 0) is 44.0 Å². The fraction of sp³-hybridized carbons (Fsp3) is 0.467. The lowest BCUT2D eigenvalue weighted by Gasteiger charge is -2.32. The molecule has 1 aromatic rings. The van der Waals surface area contributed by atoms with Gasteiger partial charge in [-0.1, -0.05) is 11.6 Å². The number of carbonyl (C=O) groups excluding carboxylic acids is 1. The standard InChI is InChI=1S/C15H19ClN2O5S/c1-10(14(19)18-8-6-11(7-9-18)15(20)21)17-24(22,23)13-4-2-12(16)3-5-13/h2-5,10-11,17H,6-9H2,1H3,(H,20,21). The fourth-order valence-electron chi connectivity index (χ4n) is 2.59. The van der Waals surface area contributed by atoms with E-state index in [2.05, 4.69) is 4.72 Å². The van der Waals surface area contributed by atoms with Crippen molar-refractivity contribution in [3.8, 4) is 0 Å². The van der Waals surface area contributed by atoms with Crippen molar-refractivity contribution < 1.29 is 23.1 Å². The Morgan fingerprint density at radius 1 is 1.25 bits per heavy atom. The van der Waals surface area contributed by atoms with Crippen molar-refractivity contribution in [2.45, 2.75) is 30.7 Å². The molecule has 0 radical (unpaired) electrons. The Bertz CT molecular complexity index is 712. The van der Waals surface area contributed by atoms with Crippen molar-refractivity contribution >= 4 is 33.5 Å². The van der Waals surface area contributed by atoms with E-state index in [4.69, 9.17) is 16.7 Å². The molecule has 0 aliphatic carbocycles. The highest BCUT2D eigenvalue weighted by atomic mass is 35.5. The van der Waals surface area contributed by atoms with Crippen molar-refractivity contribution in [1.29, 1.82) is 0 Å². The zero-order valence-electron chi connectivity index (χ0n) is 13.1. The minimum absolute atomic E-state index is 0.0242. The molecule has 0 bridgehead atoms. The molecule has 1 aliphatic rings. The van der Waals surface area contributed by atoms with E-state index in [0.717, 1.165) is 0 Å². The maximum atomic E-state index is 12.4. The Kier molecular flexibility index (Phi) is 5.84. The van der Waals surface area contributed by atoms with Crippen molar-refractivity contribution in [2.24, 2.45) is 5.92 Å². The van der Waals surface area contributed by atoms with Crippen molar-refractivity contribution in [3.05, 3.63) is 29.3 Å². The largest absolute Gasteiger partial charge is 0.481 e. The first-order valence-electron chi connectivity index (χ1n) is 7.50. The molecule has 1 aliphatic heterocycles. The van der Waals surface area contributed by atoms with Crippen LogP contribution in [0.4, 0.5) is 0 Å². The van der Waals surface area contributed by atoms with Crippen LogP contribution < -0.4 is 4.72 Å². The molecule has 1 amide bonds. The van der Waals surface area contributed by atoms with E-state index in [1.807, 2.05) is 0 Å². The number of carboxylic acid groups (broad SMARTS) is 1. The van der Waals surface area contributed by atoms with Gasteiger partial charge in [-0.2, -0.15) is 4.72 Å². The molecular weight excluding hydrogens is 356 g/mol. The molecule has 0 aromatic heterocycles. The number of hydrogen-bond donors (Lipinski definition) is 2. The second kappa shape index (κ2) is 7.50. The van der Waals surface area contributed by atoms with Gasteiger partial charge in [0.1, 0.15) is 0 Å². The average Bonchev–Trinajstić information content (AvgIpc) is 2.54. The van der Waals surface area contributed by atoms with Crippen LogP contribution in [-0.4, -0.2) is 49.4 Å². The van der Waals surface area contributed by atoms with E-state index in [1.54, 1.807) is 0 Å². The Morgan fingerprint density at radius 2 is 1.79 bits per heavy atom. The van der Waals surface area contributed by atoms with Gasteiger partial charge in [-0.25, -0.2) is 8.42 Å². The topological polar surface area (TPSA) is 104 Å². The third kappa shape index (κ3) is 4.46. The smallest absolute Gasteiger partial charge is 0.306 e. The van der Waals surface area contributed by atoms with Crippen LogP contribution in [0.5, 0.6) is 0 Å². The van der Waals surface area contributed by atoms with Crippen LogP contribution in [-0.2, 0) is 19.6 Å². The molecule has 1 fully saturated rings. The van der Waals surface area contributed by atoms with Crippen molar-refractivity contribution in [2.75, 3.05) is 13.1 Å². The maximum Gasteiger partial charge on any atom is 0.306 e. The van der Waals surface area contributed by atoms with Gasteiger partial charge in [0.2, 0.25) is 15.9 Å². The molecule has 2 rings (SSSR count). The van der Waals surface area contributed by atoms with Gasteiger partial charge in [0.15, 0.2) is 0 Å². The number of benzene rings is 1. The number of halogens is 1. The van der Waals surface area contributed by atoms with Gasteiger partial charge in [0.25, 0.3) is 0 Å². The zero-order chi connectivity index (χ0) is 17.9. The number of rotatable bonds is 5. The molecule has 1 atom stereocenters. The molecule has 1 unspecified atom stereocenters. The summed E-state index contributed by atoms with van der Waals surface area (Å²) < 4.78 is 26.9. The Hall–Kier alpha value is -1.64. The summed E-state index contributed by atoms with van der Waals surface area (Å²) in [6.07, 6.45) is 0.745. The molecule has 1 aromatic carbocycles. The highest BCUT2D eigenvalue weighted by Crippen LogP contribution is 2.19. The van der Waals surface area contributed by atoms with Gasteiger partial charge in [-0.3, -0.25) is 9.59 Å². The third-order valence-corrected chi connectivity index (χ3v) is 5.79. The summed E-state index contributed by atoms with van der Waals surface area (Å²) in [7, 11) is -3.83. The Balaban J connectivity index is 1.99. The summed E-state index contributed by atoms with van der Waals surface area (Å²) in [5.74, 6) is -1.68. The third-order valence-electron chi connectivity index (χ3n) is 3.98. The predicted molar refractivity (Wildman–Crippen MR) is 88.2 cm³/mol. The van der Waals surface area contributed by atoms with Gasteiger partial charge in [0.05, 0.1) is 16.9 Å². The van der Waals surface area contributed by atoms with E-state index < -0.39 is 28.0 Å². The summed E-state index contributed by atoms with van der Waals surface area (Å²) in [5, 5.41) is 9.38. The first-order valence-corrected chi connectivity index (χ1v) is 9.36. The molecule has 1 saturated heterocycles. The Labute approximate surface area is 145 Å². The highest BCUT2D eigenvalue weighted by Gasteiger charge is 2.30. The molecular formula is C15H19ClN2O5S. The quantitative estimate of drug-likeness (QED) is 0.809. The molecule has 0 spiro atoms. The number of piperidine rings is 1. The van der Waals surface area contributed by atoms with E-state index in [-0.39, 0.29) is 10.8 Å². The number of nitrogens with one attached hydrogen (secondary N) is 1. The number of sulfonamides is 1. The molecule has 7 nitrogen and oxygen atoms in total. The number of carboxylic acids is 1. The second-order valence-electron chi connectivity index (χ2n) is 5.73. The normalized spacial score (nSPS) is 17.5. The molecule has 132 valence electrons. The van der Waals surface area contributed by atoms with Crippen LogP contribution in [0.25, 0.3) is 0 Å².